The van der Waals surface area contributed by atoms with Crippen molar-refractivity contribution in [1.82, 2.24) is 14.2 Å². The highest BCUT2D eigenvalue weighted by Crippen LogP contribution is 2.29. The number of hydrogen-bond donors (Lipinski definition) is 0. The molecule has 0 bridgehead atoms. The number of carbonyl (C=O) groups excluding carboxylic acids is 1. The number of aromatic nitrogens is 1. The molecule has 1 heterocycles. The van der Waals surface area contributed by atoms with E-state index in [1.54, 1.807) is 36.7 Å². The minimum atomic E-state index is -3.85. The number of ether oxygens (including phenoxy) is 2. The van der Waals surface area contributed by atoms with E-state index < -0.39 is 15.6 Å². The number of hydrogen-bond acceptors (Lipinski definition) is 6. The molecule has 1 saturated carbocycles. The first-order valence-corrected chi connectivity index (χ1v) is 19.4. The van der Waals surface area contributed by atoms with E-state index in [4.69, 9.17) is 9.47 Å². The molecule has 0 N–H and O–H groups in total. The van der Waals surface area contributed by atoms with Gasteiger partial charge in [0, 0.05) is 38.1 Å². The predicted octanol–water partition coefficient (Wildman–Crippen LogP) is 9.63. The average molecular weight is 712 g/mol. The summed E-state index contributed by atoms with van der Waals surface area (Å²) in [6.45, 7) is 13.4. The van der Waals surface area contributed by atoms with E-state index in [2.05, 4.69) is 50.0 Å². The van der Waals surface area contributed by atoms with Crippen molar-refractivity contribution in [3.05, 3.63) is 114 Å². The maximum atomic E-state index is 14.0. The van der Waals surface area contributed by atoms with E-state index in [9.17, 15) is 13.2 Å². The van der Waals surface area contributed by atoms with Gasteiger partial charge in [0.25, 0.3) is 0 Å². The Kier molecular flexibility index (Phi) is 12.2. The summed E-state index contributed by atoms with van der Waals surface area (Å²) in [6, 6.07) is 26.8. The fraction of sp³-hybridized carbons (Fsp3) is 0.429. The van der Waals surface area contributed by atoms with Crippen molar-refractivity contribution in [2.75, 3.05) is 6.61 Å². The van der Waals surface area contributed by atoms with Gasteiger partial charge in [-0.05, 0) is 97.2 Å². The Hall–Kier alpha value is -4.21. The monoisotopic (exact) mass is 711 g/mol. The van der Waals surface area contributed by atoms with E-state index >= 15 is 0 Å². The lowest BCUT2D eigenvalue weighted by Crippen LogP contribution is -2.43. The molecule has 0 saturated heterocycles. The van der Waals surface area contributed by atoms with Gasteiger partial charge in [-0.1, -0.05) is 94.6 Å². The maximum absolute atomic E-state index is 14.0. The van der Waals surface area contributed by atoms with Crippen molar-refractivity contribution >= 4 is 16.1 Å². The Morgan fingerprint density at radius 3 is 1.84 bits per heavy atom. The number of sulfonamides is 1. The lowest BCUT2D eigenvalue weighted by Gasteiger charge is -2.35. The van der Waals surface area contributed by atoms with Gasteiger partial charge in [-0.3, -0.25) is 4.98 Å². The Morgan fingerprint density at radius 2 is 1.31 bits per heavy atom. The van der Waals surface area contributed by atoms with Crippen molar-refractivity contribution in [1.29, 1.82) is 0 Å². The fourth-order valence-corrected chi connectivity index (χ4v) is 7.56. The van der Waals surface area contributed by atoms with Gasteiger partial charge >= 0.3 is 6.09 Å². The predicted molar refractivity (Wildman–Crippen MR) is 203 cm³/mol. The van der Waals surface area contributed by atoms with Crippen molar-refractivity contribution in [2.24, 2.45) is 5.41 Å². The van der Waals surface area contributed by atoms with Crippen LogP contribution in [0.5, 0.6) is 5.75 Å². The number of amides is 1. The summed E-state index contributed by atoms with van der Waals surface area (Å²) >= 11 is 0. The van der Waals surface area contributed by atoms with Gasteiger partial charge in [0.05, 0.1) is 11.5 Å². The molecule has 1 fully saturated rings. The van der Waals surface area contributed by atoms with Gasteiger partial charge in [0.15, 0.2) is 0 Å². The van der Waals surface area contributed by atoms with Crippen molar-refractivity contribution < 1.29 is 22.7 Å². The third-order valence-corrected chi connectivity index (χ3v) is 10.6. The van der Waals surface area contributed by atoms with Crippen LogP contribution < -0.4 is 4.74 Å². The van der Waals surface area contributed by atoms with Crippen molar-refractivity contribution in [3.8, 4) is 16.9 Å². The smallest absolute Gasteiger partial charge is 0.410 e. The summed E-state index contributed by atoms with van der Waals surface area (Å²) < 4.78 is 41.2. The number of nitrogens with zero attached hydrogens (tertiary/aromatic N) is 3. The van der Waals surface area contributed by atoms with Gasteiger partial charge in [0.1, 0.15) is 11.4 Å². The van der Waals surface area contributed by atoms with Crippen molar-refractivity contribution in [3.63, 3.8) is 0 Å². The third-order valence-electron chi connectivity index (χ3n) is 8.81. The Morgan fingerprint density at radius 1 is 0.745 bits per heavy atom. The van der Waals surface area contributed by atoms with Gasteiger partial charge in [-0.15, -0.1) is 0 Å². The van der Waals surface area contributed by atoms with E-state index in [0.29, 0.717) is 18.9 Å². The highest BCUT2D eigenvalue weighted by molar-refractivity contribution is 7.89. The second kappa shape index (κ2) is 16.4. The first kappa shape index (κ1) is 38.0. The highest BCUT2D eigenvalue weighted by atomic mass is 32.2. The zero-order valence-corrected chi connectivity index (χ0v) is 31.8. The molecular weight excluding hydrogens is 659 g/mol. The van der Waals surface area contributed by atoms with E-state index in [0.717, 1.165) is 53.5 Å². The Labute approximate surface area is 304 Å². The summed E-state index contributed by atoms with van der Waals surface area (Å²) in [5.41, 5.74) is 4.23. The molecule has 3 aromatic carbocycles. The van der Waals surface area contributed by atoms with Crippen molar-refractivity contribution in [2.45, 2.75) is 110 Å². The SMILES string of the molecule is CC(C)(C)COc1ccc(S(=O)(=O)N(Cc2ccc(-c3ccc(CN(C(=O)OC(C)(C)C)C4CCCCC4)cc3)cc2)Cc2cccnc2)cc1. The second-order valence-electron chi connectivity index (χ2n) is 15.7. The topological polar surface area (TPSA) is 89.0 Å². The molecule has 1 amide bonds. The van der Waals surface area contributed by atoms with Crippen LogP contribution in [-0.2, 0) is 34.4 Å². The fourth-order valence-electron chi connectivity index (χ4n) is 6.14. The van der Waals surface area contributed by atoms with E-state index in [-0.39, 0.29) is 35.5 Å². The third kappa shape index (κ3) is 11.1. The van der Waals surface area contributed by atoms with E-state index in [1.807, 2.05) is 62.1 Å². The van der Waals surface area contributed by atoms with Gasteiger partial charge in [0.2, 0.25) is 10.0 Å². The molecule has 0 radical (unpaired) electrons. The molecule has 9 heteroatoms. The zero-order valence-electron chi connectivity index (χ0n) is 31.0. The molecule has 1 aliphatic carbocycles. The molecule has 0 atom stereocenters. The Bertz CT molecular complexity index is 1810. The number of pyridine rings is 1. The summed E-state index contributed by atoms with van der Waals surface area (Å²) in [5, 5.41) is 0. The average Bonchev–Trinajstić information content (AvgIpc) is 3.10. The molecule has 0 aliphatic heterocycles. The first-order valence-electron chi connectivity index (χ1n) is 18.0. The minimum absolute atomic E-state index is 0.0103. The largest absolute Gasteiger partial charge is 0.493 e. The molecule has 51 heavy (non-hydrogen) atoms. The second-order valence-corrected chi connectivity index (χ2v) is 17.7. The molecule has 4 aromatic rings. The van der Waals surface area contributed by atoms with Crippen LogP contribution in [0, 0.1) is 5.41 Å². The number of benzene rings is 3. The molecular formula is C42H53N3O5S. The molecule has 0 unspecified atom stereocenters. The normalized spacial score (nSPS) is 14.3. The van der Waals surface area contributed by atoms with Crippen LogP contribution in [0.3, 0.4) is 0 Å². The molecule has 0 spiro atoms. The summed E-state index contributed by atoms with van der Waals surface area (Å²) in [5.74, 6) is 0.635. The molecule has 1 aromatic heterocycles. The number of rotatable bonds is 12. The van der Waals surface area contributed by atoms with Crippen LogP contribution >= 0.6 is 0 Å². The maximum Gasteiger partial charge on any atom is 0.410 e. The van der Waals surface area contributed by atoms with Crippen LogP contribution in [0.2, 0.25) is 0 Å². The van der Waals surface area contributed by atoms with Crippen LogP contribution in [-0.4, -0.2) is 46.9 Å². The lowest BCUT2D eigenvalue weighted by molar-refractivity contribution is 0.00988. The molecule has 1 aliphatic rings. The summed E-state index contributed by atoms with van der Waals surface area (Å²) in [7, 11) is -3.85. The number of carbonyl (C=O) groups is 1. The molecule has 8 nitrogen and oxygen atoms in total. The van der Waals surface area contributed by atoms with Gasteiger partial charge < -0.3 is 14.4 Å². The van der Waals surface area contributed by atoms with Gasteiger partial charge in [-0.25, -0.2) is 13.2 Å². The lowest BCUT2D eigenvalue weighted by atomic mass is 9.94. The zero-order chi connectivity index (χ0) is 36.6. The minimum Gasteiger partial charge on any atom is -0.493 e. The molecule has 5 rings (SSSR count). The Balaban J connectivity index is 1.30. The summed E-state index contributed by atoms with van der Waals surface area (Å²) in [4.78, 5) is 19.5. The van der Waals surface area contributed by atoms with Gasteiger partial charge in [-0.2, -0.15) is 4.31 Å². The van der Waals surface area contributed by atoms with Crippen LogP contribution in [0.25, 0.3) is 11.1 Å². The quantitative estimate of drug-likeness (QED) is 0.145. The van der Waals surface area contributed by atoms with Crippen LogP contribution in [0.15, 0.2) is 102 Å². The van der Waals surface area contributed by atoms with E-state index in [1.165, 1.54) is 10.7 Å². The highest BCUT2D eigenvalue weighted by Gasteiger charge is 2.30. The summed E-state index contributed by atoms with van der Waals surface area (Å²) in [6.07, 6.45) is 8.60. The molecule has 272 valence electrons. The first-order chi connectivity index (χ1) is 24.2. The standard InChI is InChI=1S/C42H53N3O5S/c1-41(2,3)31-49-38-22-24-39(25-23-38)51(47,48)44(29-34-11-10-26-43-27-34)28-32-14-18-35(19-15-32)36-20-16-33(17-21-36)30-45(37-12-8-7-9-13-37)40(46)50-42(4,5)6/h10-11,14-27,37H,7-9,12-13,28-31H2,1-6H3. The van der Waals surface area contributed by atoms with Crippen LogP contribution in [0.1, 0.15) is 90.3 Å². The van der Waals surface area contributed by atoms with Crippen LogP contribution in [0.4, 0.5) is 4.79 Å².